The van der Waals surface area contributed by atoms with Crippen LogP contribution in [0.15, 0.2) is 11.3 Å². The molecule has 3 heterocycles. The average Bonchev–Trinajstić information content (AvgIpc) is 3.15. The van der Waals surface area contributed by atoms with Gasteiger partial charge in [0, 0.05) is 25.4 Å². The number of carboxylic acids is 1. The third kappa shape index (κ3) is 4.30. The molecule has 0 bridgehead atoms. The van der Waals surface area contributed by atoms with Crippen LogP contribution >= 0.6 is 11.8 Å². The van der Waals surface area contributed by atoms with Crippen LogP contribution in [0, 0.1) is 0 Å². The van der Waals surface area contributed by atoms with Crippen molar-refractivity contribution in [3.05, 3.63) is 17.1 Å². The van der Waals surface area contributed by atoms with Crippen molar-refractivity contribution in [1.82, 2.24) is 30.8 Å². The molecule has 0 unspecified atom stereocenters. The number of aromatic amines is 1. The Morgan fingerprint density at radius 3 is 2.72 bits per heavy atom. The summed E-state index contributed by atoms with van der Waals surface area (Å²) >= 11 is 1.16. The number of esters is 1. The van der Waals surface area contributed by atoms with E-state index in [1.807, 2.05) is 0 Å². The summed E-state index contributed by atoms with van der Waals surface area (Å²) in [5.74, 6) is -3.24. The molecule has 0 radical (unpaired) electrons. The summed E-state index contributed by atoms with van der Waals surface area (Å²) in [6.07, 6.45) is -0.232. The molecular formula is C14H15N6NaO7S. The van der Waals surface area contributed by atoms with Gasteiger partial charge in [0.15, 0.2) is 5.82 Å². The number of ether oxygens (including phenoxy) is 2. The molecule has 2 atom stereocenters. The van der Waals surface area contributed by atoms with E-state index in [1.54, 1.807) is 0 Å². The van der Waals surface area contributed by atoms with E-state index in [-0.39, 0.29) is 59.7 Å². The van der Waals surface area contributed by atoms with Crippen LogP contribution in [0.3, 0.4) is 0 Å². The Bertz CT molecular complexity index is 863. The van der Waals surface area contributed by atoms with Crippen LogP contribution in [0.5, 0.6) is 0 Å². The summed E-state index contributed by atoms with van der Waals surface area (Å²) in [5.41, 5.74) is -1.92. The molecule has 2 amide bonds. The van der Waals surface area contributed by atoms with Gasteiger partial charge in [-0.15, -0.1) is 16.9 Å². The molecule has 1 saturated heterocycles. The number of H-pyrrole nitrogens is 1. The van der Waals surface area contributed by atoms with Crippen LogP contribution < -0.4 is 40.0 Å². The molecule has 13 nitrogen and oxygen atoms in total. The molecule has 1 aromatic heterocycles. The van der Waals surface area contributed by atoms with Crippen molar-refractivity contribution in [3.8, 4) is 0 Å². The summed E-state index contributed by atoms with van der Waals surface area (Å²) < 4.78 is 10.1. The molecule has 2 N–H and O–H groups in total. The van der Waals surface area contributed by atoms with Crippen molar-refractivity contribution in [2.24, 2.45) is 0 Å². The standard InChI is InChI=1S/C14H16N6O7S.Na/c1-6(21)27-4-7-5-28-13-14(26-2,12(25)20(13)10(7)11(23)24)15-9(22)3-8-16-18-19-17-8;/h13H,3-5H2,1-2H3,(H,15,22)(H,23,24)(H,16,17,18,19);/q;+1/p-1/t13-,14+;/m1./s1. The van der Waals surface area contributed by atoms with Crippen LogP contribution in [-0.2, 0) is 35.1 Å². The van der Waals surface area contributed by atoms with Gasteiger partial charge in [0.1, 0.15) is 12.0 Å². The van der Waals surface area contributed by atoms with Gasteiger partial charge in [-0.2, -0.15) is 0 Å². The van der Waals surface area contributed by atoms with E-state index in [9.17, 15) is 24.3 Å². The fourth-order valence-electron chi connectivity index (χ4n) is 2.89. The number of fused-ring (bicyclic) bond motifs is 1. The first-order valence-corrected chi connectivity index (χ1v) is 8.95. The van der Waals surface area contributed by atoms with Crippen molar-refractivity contribution >= 4 is 35.5 Å². The second-order valence-electron chi connectivity index (χ2n) is 5.87. The molecule has 2 aliphatic rings. The quantitative estimate of drug-likeness (QED) is 0.180. The first kappa shape index (κ1) is 23.3. The van der Waals surface area contributed by atoms with Crippen LogP contribution in [0.4, 0.5) is 0 Å². The second-order valence-corrected chi connectivity index (χ2v) is 6.94. The van der Waals surface area contributed by atoms with E-state index in [0.717, 1.165) is 16.7 Å². The van der Waals surface area contributed by atoms with Gasteiger partial charge in [0.25, 0.3) is 11.6 Å². The first-order valence-electron chi connectivity index (χ1n) is 7.91. The number of aliphatic carboxylic acids is 1. The minimum absolute atomic E-state index is 0. The molecule has 29 heavy (non-hydrogen) atoms. The monoisotopic (exact) mass is 434 g/mol. The number of carbonyl (C=O) groups excluding carboxylic acids is 4. The van der Waals surface area contributed by atoms with Crippen LogP contribution in [0.1, 0.15) is 12.7 Å². The maximum Gasteiger partial charge on any atom is 1.00 e. The largest absolute Gasteiger partial charge is 1.00 e. The van der Waals surface area contributed by atoms with E-state index in [2.05, 4.69) is 25.9 Å². The topological polar surface area (TPSA) is 180 Å². The summed E-state index contributed by atoms with van der Waals surface area (Å²) in [6, 6.07) is 0. The number of rotatable bonds is 7. The number of hydrogen-bond donors (Lipinski definition) is 2. The smallest absolute Gasteiger partial charge is 0.543 e. The Hall–Kier alpha value is -2.00. The van der Waals surface area contributed by atoms with E-state index >= 15 is 0 Å². The molecule has 1 fully saturated rings. The van der Waals surface area contributed by atoms with Gasteiger partial charge in [-0.25, -0.2) is 5.10 Å². The number of methoxy groups -OCH3 is 1. The molecule has 2 aliphatic heterocycles. The van der Waals surface area contributed by atoms with Crippen LogP contribution in [0.25, 0.3) is 0 Å². The fourth-order valence-corrected chi connectivity index (χ4v) is 4.31. The average molecular weight is 434 g/mol. The minimum atomic E-state index is -1.75. The van der Waals surface area contributed by atoms with Crippen molar-refractivity contribution in [3.63, 3.8) is 0 Å². The molecule has 0 aromatic carbocycles. The number of tetrazole rings is 1. The van der Waals surface area contributed by atoms with Crippen molar-refractivity contribution in [1.29, 1.82) is 0 Å². The molecule has 150 valence electrons. The van der Waals surface area contributed by atoms with E-state index < -0.39 is 40.5 Å². The van der Waals surface area contributed by atoms with Crippen molar-refractivity contribution in [2.45, 2.75) is 24.4 Å². The zero-order valence-corrected chi connectivity index (χ0v) is 18.6. The minimum Gasteiger partial charge on any atom is -0.543 e. The maximum atomic E-state index is 12.8. The molecule has 3 rings (SSSR count). The number of carboxylic acid groups (broad SMARTS) is 1. The van der Waals surface area contributed by atoms with Crippen LogP contribution in [0.2, 0.25) is 0 Å². The van der Waals surface area contributed by atoms with Gasteiger partial charge in [0.2, 0.25) is 5.91 Å². The van der Waals surface area contributed by atoms with Crippen molar-refractivity contribution in [2.75, 3.05) is 19.5 Å². The molecule has 1 aromatic rings. The van der Waals surface area contributed by atoms with Gasteiger partial charge in [-0.3, -0.25) is 19.3 Å². The third-order valence-corrected chi connectivity index (χ3v) is 5.49. The normalized spacial score (nSPS) is 22.9. The second kappa shape index (κ2) is 9.21. The Kier molecular flexibility index (Phi) is 7.40. The number of carbonyl (C=O) groups is 4. The number of aromatic nitrogens is 4. The summed E-state index contributed by atoms with van der Waals surface area (Å²) in [6.45, 7) is 0.898. The van der Waals surface area contributed by atoms with Crippen LogP contribution in [-0.4, -0.2) is 79.8 Å². The summed E-state index contributed by atoms with van der Waals surface area (Å²) in [7, 11) is 1.23. The SMILES string of the molecule is CO[C@@]1(NC(=O)Cc2nnn[nH]2)C(=O)N2C(C(=O)[O-])=C(COC(C)=O)CS[C@@H]21.[Na+]. The number of thioether (sulfide) groups is 1. The Balaban J connectivity index is 0.00000300. The zero-order chi connectivity index (χ0) is 20.5. The van der Waals surface area contributed by atoms with Crippen molar-refractivity contribution < 1.29 is 63.3 Å². The third-order valence-electron chi connectivity index (χ3n) is 4.12. The predicted octanol–water partition coefficient (Wildman–Crippen LogP) is -6.31. The predicted molar refractivity (Wildman–Crippen MR) is 87.5 cm³/mol. The number of hydrogen-bond acceptors (Lipinski definition) is 11. The Morgan fingerprint density at radius 1 is 1.45 bits per heavy atom. The van der Waals surface area contributed by atoms with Gasteiger partial charge in [-0.05, 0) is 10.4 Å². The molecular weight excluding hydrogens is 419 g/mol. The van der Waals surface area contributed by atoms with E-state index in [4.69, 9.17) is 9.47 Å². The zero-order valence-electron chi connectivity index (χ0n) is 15.8. The molecule has 15 heteroatoms. The van der Waals surface area contributed by atoms with E-state index in [0.29, 0.717) is 0 Å². The van der Waals surface area contributed by atoms with Gasteiger partial charge in [-0.1, -0.05) is 0 Å². The number of nitrogens with zero attached hydrogens (tertiary/aromatic N) is 4. The van der Waals surface area contributed by atoms with Gasteiger partial charge in [0.05, 0.1) is 18.1 Å². The van der Waals surface area contributed by atoms with E-state index in [1.165, 1.54) is 14.0 Å². The first-order chi connectivity index (χ1) is 13.3. The van der Waals surface area contributed by atoms with Gasteiger partial charge < -0.3 is 24.7 Å². The summed E-state index contributed by atoms with van der Waals surface area (Å²) in [5, 5.41) is 26.0. The summed E-state index contributed by atoms with van der Waals surface area (Å²) in [4.78, 5) is 48.6. The number of amides is 2. The Morgan fingerprint density at radius 2 is 2.17 bits per heavy atom. The molecule has 0 saturated carbocycles. The fraction of sp³-hybridized carbons (Fsp3) is 0.500. The molecule has 0 aliphatic carbocycles. The number of β-lactam (4-membered cyclic amide) rings is 1. The Labute approximate surface area is 190 Å². The van der Waals surface area contributed by atoms with Gasteiger partial charge >= 0.3 is 35.5 Å². The number of nitrogens with one attached hydrogen (secondary N) is 2. The molecule has 0 spiro atoms. The maximum absolute atomic E-state index is 12.8.